The lowest BCUT2D eigenvalue weighted by Gasteiger charge is -2.49. The molecule has 7 nitrogen and oxygen atoms in total. The van der Waals surface area contributed by atoms with Gasteiger partial charge in [-0.15, -0.1) is 0 Å². The molecule has 278 valence electrons. The number of nitrogens with zero attached hydrogens (tertiary/aromatic N) is 1. The number of carbonyl (C=O) groups is 2. The number of nitrogens with one attached hydrogen (secondary N) is 3. The number of hydrogen-bond acceptors (Lipinski definition) is 4. The fourth-order valence-corrected chi connectivity index (χ4v) is 9.20. The molecule has 0 spiro atoms. The van der Waals surface area contributed by atoms with Crippen LogP contribution in [0.25, 0.3) is 0 Å². The second-order valence-electron chi connectivity index (χ2n) is 19.3. The third-order valence-electron chi connectivity index (χ3n) is 11.5. The Hall–Kier alpha value is -2.28. The van der Waals surface area contributed by atoms with Gasteiger partial charge in [0.2, 0.25) is 0 Å². The van der Waals surface area contributed by atoms with Crippen molar-refractivity contribution in [3.05, 3.63) is 29.3 Å². The molecule has 2 saturated carbocycles. The average molecular weight is 681 g/mol. The van der Waals surface area contributed by atoms with E-state index < -0.39 is 0 Å². The molecule has 0 atom stereocenters. The van der Waals surface area contributed by atoms with E-state index in [0.717, 1.165) is 93.7 Å². The Kier molecular flexibility index (Phi) is 12.9. The van der Waals surface area contributed by atoms with Crippen molar-refractivity contribution < 1.29 is 14.3 Å². The molecule has 0 radical (unpaired) electrons. The van der Waals surface area contributed by atoms with E-state index in [1.165, 1.54) is 19.3 Å². The standard InChI is InChI=1S/C42H72N4O3/c1-12-13-25-46(33-27-41(8,9)45-42(10,11)28-33)37(47)43-31-21-17-29(18-22-31)26-30-19-23-32(24-20-30)44-38(48)49-36-34(39(2,3)4)15-14-16-35(36)40(5,6)7/h14-16,29-33,45H,12-13,17-28H2,1-11H3,(H,43,47)(H,44,48). The number of rotatable bonds is 9. The Morgan fingerprint density at radius 3 is 1.71 bits per heavy atom. The molecule has 0 bridgehead atoms. The number of urea groups is 1. The fraction of sp³-hybridized carbons (Fsp3) is 0.810. The van der Waals surface area contributed by atoms with Crippen molar-refractivity contribution in [3.8, 4) is 5.75 Å². The first-order valence-corrected chi connectivity index (χ1v) is 19.7. The van der Waals surface area contributed by atoms with Gasteiger partial charge in [-0.3, -0.25) is 0 Å². The second kappa shape index (κ2) is 15.9. The largest absolute Gasteiger partial charge is 0.412 e. The molecule has 3 aliphatic rings. The molecule has 4 rings (SSSR count). The highest BCUT2D eigenvalue weighted by Crippen LogP contribution is 2.40. The first kappa shape index (κ1) is 39.5. The number of ether oxygens (including phenoxy) is 1. The van der Waals surface area contributed by atoms with Crippen LogP contribution >= 0.6 is 0 Å². The van der Waals surface area contributed by atoms with Crippen molar-refractivity contribution in [1.29, 1.82) is 0 Å². The first-order valence-electron chi connectivity index (χ1n) is 19.7. The van der Waals surface area contributed by atoms with Crippen LogP contribution in [0.2, 0.25) is 0 Å². The van der Waals surface area contributed by atoms with Gasteiger partial charge in [0.15, 0.2) is 0 Å². The van der Waals surface area contributed by atoms with Crippen LogP contribution in [0, 0.1) is 11.8 Å². The van der Waals surface area contributed by atoms with E-state index in [2.05, 4.69) is 115 Å². The minimum Gasteiger partial charge on any atom is -0.410 e. The molecule has 3 amide bonds. The van der Waals surface area contributed by atoms with Gasteiger partial charge < -0.3 is 25.6 Å². The number of benzene rings is 1. The topological polar surface area (TPSA) is 82.7 Å². The molecule has 0 aromatic heterocycles. The van der Waals surface area contributed by atoms with Crippen molar-refractivity contribution in [2.75, 3.05) is 6.54 Å². The third kappa shape index (κ3) is 11.4. The third-order valence-corrected chi connectivity index (χ3v) is 11.5. The van der Waals surface area contributed by atoms with Gasteiger partial charge in [0.25, 0.3) is 0 Å². The molecule has 7 heteroatoms. The number of amides is 3. The van der Waals surface area contributed by atoms with Crippen molar-refractivity contribution in [1.82, 2.24) is 20.9 Å². The maximum Gasteiger partial charge on any atom is 0.412 e. The highest BCUT2D eigenvalue weighted by atomic mass is 16.6. The van der Waals surface area contributed by atoms with E-state index >= 15 is 0 Å². The Balaban J connectivity index is 1.22. The van der Waals surface area contributed by atoms with Crippen LogP contribution in [0.3, 0.4) is 0 Å². The van der Waals surface area contributed by atoms with E-state index in [1.54, 1.807) is 0 Å². The Bertz CT molecular complexity index is 1200. The Morgan fingerprint density at radius 1 is 0.796 bits per heavy atom. The van der Waals surface area contributed by atoms with Gasteiger partial charge in [0, 0.05) is 46.9 Å². The molecular formula is C42H72N4O3. The molecule has 3 fully saturated rings. The summed E-state index contributed by atoms with van der Waals surface area (Å²) in [6, 6.07) is 7.11. The predicted molar refractivity (Wildman–Crippen MR) is 204 cm³/mol. The summed E-state index contributed by atoms with van der Waals surface area (Å²) in [6.07, 6.45) is 13.9. The fourth-order valence-electron chi connectivity index (χ4n) is 9.20. The molecule has 3 N–H and O–H groups in total. The molecule has 1 aromatic rings. The lowest BCUT2D eigenvalue weighted by molar-refractivity contribution is 0.0796. The van der Waals surface area contributed by atoms with Crippen LogP contribution in [0.4, 0.5) is 9.59 Å². The molecule has 2 aliphatic carbocycles. The summed E-state index contributed by atoms with van der Waals surface area (Å²) < 4.78 is 6.12. The molecule has 1 saturated heterocycles. The first-order chi connectivity index (χ1) is 22.8. The average Bonchev–Trinajstić information content (AvgIpc) is 2.97. The molecule has 1 heterocycles. The molecule has 49 heavy (non-hydrogen) atoms. The van der Waals surface area contributed by atoms with Crippen LogP contribution in [0.5, 0.6) is 5.75 Å². The predicted octanol–water partition coefficient (Wildman–Crippen LogP) is 10.00. The minimum absolute atomic E-state index is 0.0161. The summed E-state index contributed by atoms with van der Waals surface area (Å²) in [7, 11) is 0. The van der Waals surface area contributed by atoms with Crippen molar-refractivity contribution >= 4 is 12.1 Å². The minimum atomic E-state index is -0.327. The van der Waals surface area contributed by atoms with Crippen molar-refractivity contribution in [3.63, 3.8) is 0 Å². The normalized spacial score (nSPS) is 26.1. The zero-order valence-electron chi connectivity index (χ0n) is 33.2. The van der Waals surface area contributed by atoms with Gasteiger partial charge in [-0.25, -0.2) is 9.59 Å². The summed E-state index contributed by atoms with van der Waals surface area (Å²) in [5, 5.41) is 10.5. The quantitative estimate of drug-likeness (QED) is 0.243. The van der Waals surface area contributed by atoms with Gasteiger partial charge in [-0.05, 0) is 127 Å². The summed E-state index contributed by atoms with van der Waals surface area (Å²) >= 11 is 0. The number of para-hydroxylation sites is 1. The highest BCUT2D eigenvalue weighted by Gasteiger charge is 2.41. The molecule has 1 aliphatic heterocycles. The van der Waals surface area contributed by atoms with Gasteiger partial charge in [0.1, 0.15) is 5.75 Å². The summed E-state index contributed by atoms with van der Waals surface area (Å²) in [4.78, 5) is 29.1. The van der Waals surface area contributed by atoms with Crippen LogP contribution in [-0.2, 0) is 10.8 Å². The Labute approximate surface area is 299 Å². The number of carbonyl (C=O) groups excluding carboxylic acids is 2. The maximum atomic E-state index is 13.7. The van der Waals surface area contributed by atoms with E-state index in [1.807, 2.05) is 0 Å². The van der Waals surface area contributed by atoms with E-state index in [9.17, 15) is 9.59 Å². The summed E-state index contributed by atoms with van der Waals surface area (Å²) in [5.74, 6) is 2.17. The van der Waals surface area contributed by atoms with Gasteiger partial charge in [-0.2, -0.15) is 0 Å². The monoisotopic (exact) mass is 681 g/mol. The van der Waals surface area contributed by atoms with Gasteiger partial charge >= 0.3 is 12.1 Å². The SMILES string of the molecule is CCCCN(C(=O)NC1CCC(CC2CCC(NC(=O)Oc3c(C(C)(C)C)cccc3C(C)(C)C)CC2)CC1)C1CC(C)(C)NC(C)(C)C1. The number of piperidine rings is 1. The van der Waals surface area contributed by atoms with Crippen molar-refractivity contribution in [2.45, 2.75) is 200 Å². The van der Waals surface area contributed by atoms with Crippen LogP contribution in [0.15, 0.2) is 18.2 Å². The zero-order chi connectivity index (χ0) is 36.2. The number of unbranched alkanes of at least 4 members (excludes halogenated alkanes) is 1. The summed E-state index contributed by atoms with van der Waals surface area (Å²) in [5.41, 5.74) is 1.91. The van der Waals surface area contributed by atoms with E-state index in [0.29, 0.717) is 5.75 Å². The number of hydrogen-bond donors (Lipinski definition) is 3. The lowest BCUT2D eigenvalue weighted by Crippen LogP contribution is -2.64. The van der Waals surface area contributed by atoms with Crippen LogP contribution < -0.4 is 20.7 Å². The van der Waals surface area contributed by atoms with Crippen LogP contribution in [0.1, 0.15) is 171 Å². The Morgan fingerprint density at radius 2 is 1.27 bits per heavy atom. The van der Waals surface area contributed by atoms with E-state index in [-0.39, 0.29) is 52.2 Å². The van der Waals surface area contributed by atoms with Gasteiger partial charge in [-0.1, -0.05) is 73.1 Å². The molecule has 0 unspecified atom stereocenters. The second-order valence-corrected chi connectivity index (χ2v) is 19.3. The summed E-state index contributed by atoms with van der Waals surface area (Å²) in [6.45, 7) is 25.1. The lowest BCUT2D eigenvalue weighted by atomic mass is 9.75. The molecule has 1 aromatic carbocycles. The van der Waals surface area contributed by atoms with E-state index in [4.69, 9.17) is 4.74 Å². The molecular weight excluding hydrogens is 608 g/mol. The van der Waals surface area contributed by atoms with Crippen LogP contribution in [-0.4, -0.2) is 52.8 Å². The van der Waals surface area contributed by atoms with Crippen molar-refractivity contribution in [2.24, 2.45) is 11.8 Å². The zero-order valence-corrected chi connectivity index (χ0v) is 33.2. The smallest absolute Gasteiger partial charge is 0.410 e. The van der Waals surface area contributed by atoms with Gasteiger partial charge in [0.05, 0.1) is 0 Å². The maximum absolute atomic E-state index is 13.7. The highest BCUT2D eigenvalue weighted by molar-refractivity contribution is 5.75.